The Labute approximate surface area is 172 Å². The van der Waals surface area contributed by atoms with Crippen molar-refractivity contribution in [3.05, 3.63) is 0 Å². The van der Waals surface area contributed by atoms with E-state index < -0.39 is 11.8 Å². The number of hydrogen-bond acceptors (Lipinski definition) is 7. The maximum atomic E-state index is 11.7. The van der Waals surface area contributed by atoms with Gasteiger partial charge in [-0.3, -0.25) is 30.0 Å². The smallest absolute Gasteiger partial charge is 0.245 e. The van der Waals surface area contributed by atoms with Gasteiger partial charge in [-0.2, -0.15) is 0 Å². The van der Waals surface area contributed by atoms with Gasteiger partial charge < -0.3 is 5.73 Å². The molecule has 0 radical (unpaired) electrons. The van der Waals surface area contributed by atoms with Gasteiger partial charge in [-0.25, -0.2) is 15.2 Å². The monoisotopic (exact) mass is 426 g/mol. The van der Waals surface area contributed by atoms with Gasteiger partial charge in [0.2, 0.25) is 17.7 Å². The van der Waals surface area contributed by atoms with Crippen molar-refractivity contribution >= 4 is 30.1 Å². The molecule has 0 aromatic carbocycles. The van der Waals surface area contributed by atoms with Crippen molar-refractivity contribution in [2.45, 2.75) is 64.7 Å². The molecule has 11 heteroatoms. The van der Waals surface area contributed by atoms with Crippen molar-refractivity contribution < 1.29 is 30.0 Å². The van der Waals surface area contributed by atoms with Gasteiger partial charge in [-0.1, -0.05) is 6.42 Å². The maximum Gasteiger partial charge on any atom is 0.245 e. The second-order valence-corrected chi connectivity index (χ2v) is 6.44. The van der Waals surface area contributed by atoms with Crippen LogP contribution >= 0.6 is 12.4 Å². The number of rotatable bonds is 15. The third-order valence-electron chi connectivity index (χ3n) is 4.03. The first-order valence-corrected chi connectivity index (χ1v) is 9.45. The number of halogens is 1. The SMILES string of the molecule is CC(=O)N(O)CCCCC(=O)N(O)CCCCC(=O)N(O)CCCCCN.Cl. The predicted octanol–water partition coefficient (Wildman–Crippen LogP) is 1.55. The quantitative estimate of drug-likeness (QED) is 0.176. The summed E-state index contributed by atoms with van der Waals surface area (Å²) in [4.78, 5) is 34.3. The lowest BCUT2D eigenvalue weighted by molar-refractivity contribution is -0.167. The molecule has 5 N–H and O–H groups in total. The Morgan fingerprint density at radius 3 is 1.46 bits per heavy atom. The molecule has 0 rings (SSSR count). The first kappa shape index (κ1) is 28.7. The Hall–Kier alpha value is -1.46. The summed E-state index contributed by atoms with van der Waals surface area (Å²) < 4.78 is 0. The number of hydroxylamine groups is 6. The molecule has 0 spiro atoms. The topological polar surface area (TPSA) is 148 Å². The summed E-state index contributed by atoms with van der Waals surface area (Å²) in [6, 6.07) is 0. The fourth-order valence-electron chi connectivity index (χ4n) is 2.32. The first-order chi connectivity index (χ1) is 12.8. The highest BCUT2D eigenvalue weighted by molar-refractivity contribution is 5.85. The first-order valence-electron chi connectivity index (χ1n) is 9.45. The molecule has 10 nitrogen and oxygen atoms in total. The number of hydrogen-bond donors (Lipinski definition) is 4. The minimum Gasteiger partial charge on any atom is -0.330 e. The van der Waals surface area contributed by atoms with Gasteiger partial charge in [-0.15, -0.1) is 12.4 Å². The zero-order valence-corrected chi connectivity index (χ0v) is 17.4. The van der Waals surface area contributed by atoms with Gasteiger partial charge in [0.05, 0.1) is 0 Å². The van der Waals surface area contributed by atoms with Gasteiger partial charge in [0.1, 0.15) is 0 Å². The Balaban J connectivity index is 0. The largest absolute Gasteiger partial charge is 0.330 e. The fraction of sp³-hybridized carbons (Fsp3) is 0.824. The highest BCUT2D eigenvalue weighted by atomic mass is 35.5. The third kappa shape index (κ3) is 14.6. The van der Waals surface area contributed by atoms with Crippen molar-refractivity contribution in [1.29, 1.82) is 0 Å². The van der Waals surface area contributed by atoms with E-state index in [0.717, 1.165) is 12.8 Å². The molecule has 0 aromatic rings. The van der Waals surface area contributed by atoms with Crippen LogP contribution in [0.25, 0.3) is 0 Å². The molecule has 3 amide bonds. The molecule has 0 unspecified atom stereocenters. The molecule has 0 fully saturated rings. The van der Waals surface area contributed by atoms with Crippen LogP contribution in [0.15, 0.2) is 0 Å². The minimum absolute atomic E-state index is 0. The lowest BCUT2D eigenvalue weighted by atomic mass is 10.2. The van der Waals surface area contributed by atoms with E-state index in [1.807, 2.05) is 0 Å². The number of carbonyl (C=O) groups excluding carboxylic acids is 3. The van der Waals surface area contributed by atoms with E-state index in [4.69, 9.17) is 5.73 Å². The predicted molar refractivity (Wildman–Crippen MR) is 104 cm³/mol. The second kappa shape index (κ2) is 17.6. The Kier molecular flexibility index (Phi) is 18.1. The van der Waals surface area contributed by atoms with Crippen molar-refractivity contribution in [2.75, 3.05) is 26.2 Å². The van der Waals surface area contributed by atoms with E-state index in [9.17, 15) is 30.0 Å². The van der Waals surface area contributed by atoms with Gasteiger partial charge >= 0.3 is 0 Å². The summed E-state index contributed by atoms with van der Waals surface area (Å²) in [7, 11) is 0. The molecule has 28 heavy (non-hydrogen) atoms. The zero-order valence-electron chi connectivity index (χ0n) is 16.6. The van der Waals surface area contributed by atoms with E-state index in [-0.39, 0.29) is 50.8 Å². The average molecular weight is 427 g/mol. The van der Waals surface area contributed by atoms with Crippen LogP contribution in [0.5, 0.6) is 0 Å². The van der Waals surface area contributed by atoms with Gasteiger partial charge in [0.25, 0.3) is 0 Å². The Bertz CT molecular complexity index is 455. The number of amides is 3. The van der Waals surface area contributed by atoms with Crippen molar-refractivity contribution in [1.82, 2.24) is 15.2 Å². The minimum atomic E-state index is -0.461. The molecule has 0 atom stereocenters. The summed E-state index contributed by atoms with van der Waals surface area (Å²) in [5.41, 5.74) is 5.37. The summed E-state index contributed by atoms with van der Waals surface area (Å²) in [6.07, 6.45) is 4.42. The van der Waals surface area contributed by atoms with E-state index in [2.05, 4.69) is 0 Å². The number of nitrogens with two attached hydrogens (primary N) is 1. The maximum absolute atomic E-state index is 11.7. The zero-order chi connectivity index (χ0) is 20.7. The van der Waals surface area contributed by atoms with Crippen LogP contribution in [0.1, 0.15) is 64.7 Å². The Morgan fingerprint density at radius 1 is 0.679 bits per heavy atom. The van der Waals surface area contributed by atoms with E-state index in [0.29, 0.717) is 53.8 Å². The summed E-state index contributed by atoms with van der Waals surface area (Å²) in [5, 5.41) is 30.4. The standard InChI is InChI=1S/C17H34N4O6.ClH/c1-15(22)19(25)12-7-3-9-17(24)21(27)14-8-4-10-16(23)20(26)13-6-2-5-11-18;/h25-27H,2-14,18H2,1H3;1H. The molecule has 0 heterocycles. The van der Waals surface area contributed by atoms with Crippen molar-refractivity contribution in [3.63, 3.8) is 0 Å². The molecule has 166 valence electrons. The van der Waals surface area contributed by atoms with Crippen LogP contribution in [-0.2, 0) is 14.4 Å². The van der Waals surface area contributed by atoms with Crippen LogP contribution in [0.2, 0.25) is 0 Å². The summed E-state index contributed by atoms with van der Waals surface area (Å²) in [6.45, 7) is 2.35. The molecular formula is C17H35ClN4O6. The molecule has 0 aromatic heterocycles. The van der Waals surface area contributed by atoms with Crippen molar-refractivity contribution in [2.24, 2.45) is 5.73 Å². The Morgan fingerprint density at radius 2 is 1.07 bits per heavy atom. The molecule has 0 saturated carbocycles. The average Bonchev–Trinajstić information content (AvgIpc) is 2.64. The van der Waals surface area contributed by atoms with Gasteiger partial charge in [0, 0.05) is 39.4 Å². The lowest BCUT2D eigenvalue weighted by Crippen LogP contribution is -2.30. The van der Waals surface area contributed by atoms with Crippen LogP contribution in [0, 0.1) is 0 Å². The van der Waals surface area contributed by atoms with E-state index in [1.54, 1.807) is 0 Å². The molecule has 0 aliphatic rings. The summed E-state index contributed by atoms with van der Waals surface area (Å²) in [5.74, 6) is -1.29. The summed E-state index contributed by atoms with van der Waals surface area (Å²) >= 11 is 0. The second-order valence-electron chi connectivity index (χ2n) is 6.44. The van der Waals surface area contributed by atoms with Crippen LogP contribution < -0.4 is 5.73 Å². The fourth-order valence-corrected chi connectivity index (χ4v) is 2.32. The lowest BCUT2D eigenvalue weighted by Gasteiger charge is -2.17. The third-order valence-corrected chi connectivity index (χ3v) is 4.03. The molecule has 0 bridgehead atoms. The highest BCUT2D eigenvalue weighted by Crippen LogP contribution is 2.05. The highest BCUT2D eigenvalue weighted by Gasteiger charge is 2.13. The molecule has 0 aliphatic heterocycles. The van der Waals surface area contributed by atoms with Crippen LogP contribution in [0.3, 0.4) is 0 Å². The molecule has 0 aliphatic carbocycles. The van der Waals surface area contributed by atoms with E-state index in [1.165, 1.54) is 6.92 Å². The normalized spacial score (nSPS) is 10.2. The number of unbranched alkanes of at least 4 members (excludes halogenated alkanes) is 4. The van der Waals surface area contributed by atoms with Crippen molar-refractivity contribution in [3.8, 4) is 0 Å². The number of nitrogens with zero attached hydrogens (tertiary/aromatic N) is 3. The van der Waals surface area contributed by atoms with Gasteiger partial charge in [-0.05, 0) is 45.1 Å². The van der Waals surface area contributed by atoms with Gasteiger partial charge in [0.15, 0.2) is 0 Å². The van der Waals surface area contributed by atoms with Crippen LogP contribution in [-0.4, -0.2) is 74.7 Å². The molecule has 0 saturated heterocycles. The number of carbonyl (C=O) groups is 3. The van der Waals surface area contributed by atoms with Crippen LogP contribution in [0.4, 0.5) is 0 Å². The molecular weight excluding hydrogens is 392 g/mol. The van der Waals surface area contributed by atoms with E-state index >= 15 is 0 Å².